The maximum absolute atomic E-state index is 13.8. The van der Waals surface area contributed by atoms with Gasteiger partial charge in [0.05, 0.1) is 23.0 Å². The van der Waals surface area contributed by atoms with Gasteiger partial charge in [-0.05, 0) is 19.9 Å². The summed E-state index contributed by atoms with van der Waals surface area (Å²) >= 11 is 5.71. The molecule has 2 aromatic rings. The molecule has 0 fully saturated rings. The second-order valence-corrected chi connectivity index (χ2v) is 6.32. The molecule has 1 aromatic heterocycles. The van der Waals surface area contributed by atoms with E-state index in [-0.39, 0.29) is 22.2 Å². The zero-order valence-electron chi connectivity index (χ0n) is 10.9. The predicted octanol–water partition coefficient (Wildman–Crippen LogP) is 1.99. The van der Waals surface area contributed by atoms with E-state index in [1.54, 1.807) is 19.1 Å². The molecule has 1 heterocycles. The number of aromatic nitrogens is 2. The number of sulfonamides is 1. The van der Waals surface area contributed by atoms with Gasteiger partial charge in [0.15, 0.2) is 0 Å². The minimum atomic E-state index is -3.86. The summed E-state index contributed by atoms with van der Waals surface area (Å²) in [5, 5.41) is 9.24. The third kappa shape index (κ3) is 2.70. The van der Waals surface area contributed by atoms with E-state index in [2.05, 4.69) is 5.10 Å². The molecule has 0 radical (unpaired) electrons. The van der Waals surface area contributed by atoms with E-state index < -0.39 is 15.8 Å². The lowest BCUT2D eigenvalue weighted by Gasteiger charge is -2.07. The molecule has 0 aliphatic rings. The first-order valence-electron chi connectivity index (χ1n) is 5.71. The average Bonchev–Trinajstić information content (AvgIpc) is 2.59. The first-order chi connectivity index (χ1) is 9.21. The highest BCUT2D eigenvalue weighted by Gasteiger charge is 2.21. The molecule has 20 heavy (non-hydrogen) atoms. The molecule has 108 valence electrons. The van der Waals surface area contributed by atoms with Gasteiger partial charge in [-0.1, -0.05) is 23.7 Å². The molecular formula is C12H13ClFN3O2S. The summed E-state index contributed by atoms with van der Waals surface area (Å²) in [6, 6.07) is 4.62. The highest BCUT2D eigenvalue weighted by molar-refractivity contribution is 7.89. The van der Waals surface area contributed by atoms with Crippen LogP contribution < -0.4 is 5.14 Å². The monoisotopic (exact) mass is 317 g/mol. The maximum atomic E-state index is 13.8. The number of nitrogens with zero attached hydrogens (tertiary/aromatic N) is 2. The van der Waals surface area contributed by atoms with E-state index in [0.717, 1.165) is 0 Å². The van der Waals surface area contributed by atoms with Gasteiger partial charge in [-0.2, -0.15) is 5.10 Å². The molecule has 0 unspecified atom stereocenters. The van der Waals surface area contributed by atoms with Gasteiger partial charge < -0.3 is 0 Å². The first kappa shape index (κ1) is 15.0. The number of primary sulfonamides is 1. The number of rotatable bonds is 3. The van der Waals surface area contributed by atoms with E-state index >= 15 is 0 Å². The number of hydrogen-bond donors (Lipinski definition) is 1. The zero-order valence-corrected chi connectivity index (χ0v) is 12.5. The lowest BCUT2D eigenvalue weighted by molar-refractivity contribution is 0.577. The Labute approximate surface area is 121 Å². The Balaban J connectivity index is 2.49. The van der Waals surface area contributed by atoms with Crippen LogP contribution >= 0.6 is 11.6 Å². The fraction of sp³-hybridized carbons (Fsp3) is 0.250. The van der Waals surface area contributed by atoms with Crippen LogP contribution in [0.4, 0.5) is 4.39 Å². The summed E-state index contributed by atoms with van der Waals surface area (Å²) in [7, 11) is -3.86. The molecule has 0 saturated heterocycles. The number of nitrogens with two attached hydrogens (primary N) is 1. The summed E-state index contributed by atoms with van der Waals surface area (Å²) in [5.41, 5.74) is 0.973. The second-order valence-electron chi connectivity index (χ2n) is 4.42. The van der Waals surface area contributed by atoms with Crippen LogP contribution in [-0.4, -0.2) is 18.2 Å². The Bertz CT molecular complexity index is 771. The van der Waals surface area contributed by atoms with Crippen LogP contribution in [0.3, 0.4) is 0 Å². The zero-order chi connectivity index (χ0) is 15.1. The van der Waals surface area contributed by atoms with E-state index in [1.807, 2.05) is 0 Å². The van der Waals surface area contributed by atoms with Crippen LogP contribution in [0.15, 0.2) is 23.1 Å². The van der Waals surface area contributed by atoms with Crippen LogP contribution in [-0.2, 0) is 16.6 Å². The summed E-state index contributed by atoms with van der Waals surface area (Å²) in [4.78, 5) is -0.0278. The van der Waals surface area contributed by atoms with Gasteiger partial charge >= 0.3 is 0 Å². The third-order valence-electron chi connectivity index (χ3n) is 2.95. The molecule has 0 atom stereocenters. The van der Waals surface area contributed by atoms with Crippen molar-refractivity contribution in [2.45, 2.75) is 25.3 Å². The van der Waals surface area contributed by atoms with Gasteiger partial charge in [0.1, 0.15) is 10.7 Å². The molecule has 8 heteroatoms. The SMILES string of the molecule is Cc1nn(Cc2cccc(Cl)c2F)c(C)c1S(N)(=O)=O. The van der Waals surface area contributed by atoms with Gasteiger partial charge in [-0.15, -0.1) is 0 Å². The van der Waals surface area contributed by atoms with Gasteiger partial charge in [0.25, 0.3) is 0 Å². The van der Waals surface area contributed by atoms with Crippen LogP contribution in [0.5, 0.6) is 0 Å². The standard InChI is InChI=1S/C12H13ClFN3O2S/c1-7-12(20(15,18)19)8(2)17(16-7)6-9-4-3-5-10(13)11(9)14/h3-5H,6H2,1-2H3,(H2,15,18,19). The highest BCUT2D eigenvalue weighted by Crippen LogP contribution is 2.22. The summed E-state index contributed by atoms with van der Waals surface area (Å²) in [6.45, 7) is 3.19. The fourth-order valence-corrected chi connectivity index (χ4v) is 3.24. The van der Waals surface area contributed by atoms with E-state index in [0.29, 0.717) is 11.3 Å². The Hall–Kier alpha value is -1.44. The number of hydrogen-bond acceptors (Lipinski definition) is 3. The van der Waals surface area contributed by atoms with Crippen molar-refractivity contribution in [2.75, 3.05) is 0 Å². The second kappa shape index (κ2) is 5.16. The van der Waals surface area contributed by atoms with Gasteiger partial charge in [-0.3, -0.25) is 4.68 Å². The topological polar surface area (TPSA) is 78.0 Å². The Morgan fingerprint density at radius 2 is 2.05 bits per heavy atom. The molecule has 2 rings (SSSR count). The quantitative estimate of drug-likeness (QED) is 0.940. The average molecular weight is 318 g/mol. The number of halogens is 2. The summed E-state index contributed by atoms with van der Waals surface area (Å²) < 4.78 is 38.2. The van der Waals surface area contributed by atoms with Gasteiger partial charge in [-0.25, -0.2) is 17.9 Å². The highest BCUT2D eigenvalue weighted by atomic mass is 35.5. The minimum absolute atomic E-state index is 0.00991. The number of aryl methyl sites for hydroxylation is 1. The van der Waals surface area contributed by atoms with Crippen LogP contribution in [0.25, 0.3) is 0 Å². The Morgan fingerprint density at radius 1 is 1.40 bits per heavy atom. The lowest BCUT2D eigenvalue weighted by atomic mass is 10.2. The Morgan fingerprint density at radius 3 is 2.60 bits per heavy atom. The Kier molecular flexibility index (Phi) is 3.86. The van der Waals surface area contributed by atoms with Crippen molar-refractivity contribution in [2.24, 2.45) is 5.14 Å². The van der Waals surface area contributed by atoms with Crippen LogP contribution in [0.1, 0.15) is 17.0 Å². The van der Waals surface area contributed by atoms with Crippen molar-refractivity contribution in [1.29, 1.82) is 0 Å². The molecular weight excluding hydrogens is 305 g/mol. The van der Waals surface area contributed by atoms with E-state index in [9.17, 15) is 12.8 Å². The van der Waals surface area contributed by atoms with E-state index in [1.165, 1.54) is 17.7 Å². The molecule has 2 N–H and O–H groups in total. The number of benzene rings is 1. The molecule has 1 aromatic carbocycles. The molecule has 0 aliphatic heterocycles. The van der Waals surface area contributed by atoms with Crippen molar-refractivity contribution in [3.63, 3.8) is 0 Å². The van der Waals surface area contributed by atoms with Gasteiger partial charge in [0.2, 0.25) is 10.0 Å². The van der Waals surface area contributed by atoms with Crippen molar-refractivity contribution >= 4 is 21.6 Å². The van der Waals surface area contributed by atoms with Crippen molar-refractivity contribution in [3.05, 3.63) is 46.0 Å². The molecule has 0 amide bonds. The van der Waals surface area contributed by atoms with Crippen LogP contribution in [0, 0.1) is 19.7 Å². The normalized spacial score (nSPS) is 11.8. The predicted molar refractivity (Wildman–Crippen MR) is 73.6 cm³/mol. The van der Waals surface area contributed by atoms with Crippen molar-refractivity contribution in [1.82, 2.24) is 9.78 Å². The maximum Gasteiger partial charge on any atom is 0.241 e. The van der Waals surface area contributed by atoms with E-state index in [4.69, 9.17) is 16.7 Å². The van der Waals surface area contributed by atoms with Crippen LogP contribution in [0.2, 0.25) is 5.02 Å². The fourth-order valence-electron chi connectivity index (χ4n) is 2.08. The summed E-state index contributed by atoms with van der Waals surface area (Å²) in [5.74, 6) is -0.543. The van der Waals surface area contributed by atoms with Crippen molar-refractivity contribution < 1.29 is 12.8 Å². The molecule has 5 nitrogen and oxygen atoms in total. The molecule has 0 bridgehead atoms. The molecule has 0 aliphatic carbocycles. The lowest BCUT2D eigenvalue weighted by Crippen LogP contribution is -2.14. The first-order valence-corrected chi connectivity index (χ1v) is 7.64. The largest absolute Gasteiger partial charge is 0.264 e. The smallest absolute Gasteiger partial charge is 0.241 e. The molecule has 0 saturated carbocycles. The third-order valence-corrected chi connectivity index (χ3v) is 4.40. The van der Waals surface area contributed by atoms with Gasteiger partial charge in [0, 0.05) is 5.56 Å². The minimum Gasteiger partial charge on any atom is -0.264 e. The van der Waals surface area contributed by atoms with Crippen molar-refractivity contribution in [3.8, 4) is 0 Å². The summed E-state index contributed by atoms with van der Waals surface area (Å²) in [6.07, 6.45) is 0. The molecule has 0 spiro atoms.